The first-order valence-corrected chi connectivity index (χ1v) is 12.6. The fourth-order valence-electron chi connectivity index (χ4n) is 3.47. The Morgan fingerprint density at radius 3 is 2.73 bits per heavy atom. The van der Waals surface area contributed by atoms with Crippen molar-refractivity contribution in [2.75, 3.05) is 11.0 Å². The summed E-state index contributed by atoms with van der Waals surface area (Å²) in [6.45, 7) is 0. The summed E-state index contributed by atoms with van der Waals surface area (Å²) in [5, 5.41) is 12.5. The van der Waals surface area contributed by atoms with Crippen molar-refractivity contribution in [3.8, 4) is 27.4 Å². The summed E-state index contributed by atoms with van der Waals surface area (Å²) in [4.78, 5) is 5.24. The summed E-state index contributed by atoms with van der Waals surface area (Å²) in [6, 6.07) is 10.9. The maximum atomic E-state index is 11.4. The largest absolute Gasteiger partial charge is 0.472 e. The van der Waals surface area contributed by atoms with E-state index in [1.54, 1.807) is 35.7 Å². The lowest BCUT2D eigenvalue weighted by Crippen LogP contribution is -2.25. The second kappa shape index (κ2) is 8.55. The number of sulfonamides is 1. The van der Waals surface area contributed by atoms with Gasteiger partial charge in [-0.05, 0) is 66.1 Å². The molecule has 0 aliphatic heterocycles. The van der Waals surface area contributed by atoms with E-state index in [2.05, 4.69) is 9.71 Å². The zero-order chi connectivity index (χ0) is 21.3. The number of nitrogens with one attached hydrogen (secondary N) is 1. The number of anilines is 1. The Morgan fingerprint density at radius 2 is 2.03 bits per heavy atom. The molecule has 9 heteroatoms. The molecule has 1 aliphatic carbocycles. The Hall–Kier alpha value is -2.13. The summed E-state index contributed by atoms with van der Waals surface area (Å²) in [5.41, 5.74) is 3.21. The highest BCUT2D eigenvalue weighted by Gasteiger charge is 2.27. The smallest absolute Gasteiger partial charge is 0.229 e. The fraction of sp³-hybridized carbons (Fsp3) is 0.286. The van der Waals surface area contributed by atoms with Crippen molar-refractivity contribution < 1.29 is 18.3 Å². The lowest BCUT2D eigenvalue weighted by Gasteiger charge is -2.16. The van der Waals surface area contributed by atoms with Gasteiger partial charge in [-0.3, -0.25) is 4.72 Å². The van der Waals surface area contributed by atoms with Crippen molar-refractivity contribution in [1.82, 2.24) is 4.98 Å². The van der Waals surface area contributed by atoms with Crippen LogP contribution in [0.15, 0.2) is 48.0 Å². The number of aliphatic hydroxyl groups is 1. The number of rotatable bonds is 6. The zero-order valence-corrected chi connectivity index (χ0v) is 18.6. The molecule has 0 spiro atoms. The van der Waals surface area contributed by atoms with Crippen LogP contribution >= 0.6 is 22.9 Å². The van der Waals surface area contributed by atoms with Gasteiger partial charge in [-0.2, -0.15) is 0 Å². The predicted octanol–water partition coefficient (Wildman–Crippen LogP) is 4.79. The van der Waals surface area contributed by atoms with Gasteiger partial charge in [0.1, 0.15) is 6.10 Å². The number of hydrogen-bond donors (Lipinski definition) is 2. The number of ether oxygens (including phenoxy) is 1. The molecule has 2 heterocycles. The number of nitrogens with zero attached hydrogens (tertiary/aromatic N) is 1. The van der Waals surface area contributed by atoms with Crippen LogP contribution in [0, 0.1) is 0 Å². The molecule has 1 saturated carbocycles. The quantitative estimate of drug-likeness (QED) is 0.547. The standard InChI is InChI=1S/C21H21ClN2O4S2/c1-30(26,27)24-15-5-6-16(17(22)11-15)20-9-14(12-29-20)13-7-8-23-21(10-13)28-19-4-2-3-18(19)25/h5-12,18-19,24-25H,2-4H2,1H3. The van der Waals surface area contributed by atoms with Crippen LogP contribution in [0.3, 0.4) is 0 Å². The van der Waals surface area contributed by atoms with E-state index in [-0.39, 0.29) is 6.10 Å². The van der Waals surface area contributed by atoms with Gasteiger partial charge in [0.2, 0.25) is 15.9 Å². The van der Waals surface area contributed by atoms with Crippen LogP contribution < -0.4 is 9.46 Å². The first-order valence-electron chi connectivity index (χ1n) is 9.46. The maximum absolute atomic E-state index is 11.4. The third-order valence-corrected chi connectivity index (χ3v) is 6.78. The molecule has 2 N–H and O–H groups in total. The summed E-state index contributed by atoms with van der Waals surface area (Å²) >= 11 is 7.95. The predicted molar refractivity (Wildman–Crippen MR) is 121 cm³/mol. The average Bonchev–Trinajstić information content (AvgIpc) is 3.31. The Kier molecular flexibility index (Phi) is 6.02. The van der Waals surface area contributed by atoms with Crippen molar-refractivity contribution in [1.29, 1.82) is 0 Å². The van der Waals surface area contributed by atoms with Gasteiger partial charge in [-0.1, -0.05) is 11.6 Å². The van der Waals surface area contributed by atoms with Gasteiger partial charge in [-0.25, -0.2) is 13.4 Å². The Balaban J connectivity index is 1.55. The second-order valence-corrected chi connectivity index (χ2v) is 10.4. The molecule has 1 aliphatic rings. The number of benzene rings is 1. The van der Waals surface area contributed by atoms with Crippen LogP contribution in [0.25, 0.3) is 21.6 Å². The molecule has 0 amide bonds. The average molecular weight is 465 g/mol. The number of aliphatic hydroxyl groups excluding tert-OH is 1. The van der Waals surface area contributed by atoms with E-state index < -0.39 is 16.1 Å². The highest BCUT2D eigenvalue weighted by atomic mass is 35.5. The van der Waals surface area contributed by atoms with Crippen molar-refractivity contribution >= 4 is 38.6 Å². The van der Waals surface area contributed by atoms with E-state index in [0.717, 1.165) is 47.1 Å². The third-order valence-electron chi connectivity index (χ3n) is 4.90. The molecular weight excluding hydrogens is 444 g/mol. The van der Waals surface area contributed by atoms with E-state index >= 15 is 0 Å². The minimum Gasteiger partial charge on any atom is -0.472 e. The van der Waals surface area contributed by atoms with Crippen LogP contribution in [0.4, 0.5) is 5.69 Å². The fourth-order valence-corrected chi connectivity index (χ4v) is 5.33. The summed E-state index contributed by atoms with van der Waals surface area (Å²) < 4.78 is 31.1. The summed E-state index contributed by atoms with van der Waals surface area (Å²) in [7, 11) is -3.36. The number of halogens is 1. The van der Waals surface area contributed by atoms with Crippen LogP contribution in [0.2, 0.25) is 5.02 Å². The first kappa shape index (κ1) is 21.1. The van der Waals surface area contributed by atoms with Crippen molar-refractivity contribution in [2.45, 2.75) is 31.5 Å². The molecule has 158 valence electrons. The molecule has 2 atom stereocenters. The van der Waals surface area contributed by atoms with Crippen molar-refractivity contribution in [2.24, 2.45) is 0 Å². The highest BCUT2D eigenvalue weighted by molar-refractivity contribution is 7.92. The van der Waals surface area contributed by atoms with E-state index in [4.69, 9.17) is 16.3 Å². The van der Waals surface area contributed by atoms with Gasteiger partial charge in [0.15, 0.2) is 0 Å². The van der Waals surface area contributed by atoms with Gasteiger partial charge >= 0.3 is 0 Å². The second-order valence-electron chi connectivity index (χ2n) is 7.31. The molecule has 0 radical (unpaired) electrons. The van der Waals surface area contributed by atoms with E-state index in [9.17, 15) is 13.5 Å². The van der Waals surface area contributed by atoms with E-state index in [0.29, 0.717) is 16.6 Å². The lowest BCUT2D eigenvalue weighted by atomic mass is 10.1. The van der Waals surface area contributed by atoms with Crippen LogP contribution in [0.1, 0.15) is 19.3 Å². The summed E-state index contributed by atoms with van der Waals surface area (Å²) in [6.07, 6.45) is 4.70. The summed E-state index contributed by atoms with van der Waals surface area (Å²) in [5.74, 6) is 0.500. The highest BCUT2D eigenvalue weighted by Crippen LogP contribution is 2.38. The van der Waals surface area contributed by atoms with Gasteiger partial charge in [0, 0.05) is 28.4 Å². The third kappa shape index (κ3) is 4.95. The molecule has 2 unspecified atom stereocenters. The molecule has 1 fully saturated rings. The van der Waals surface area contributed by atoms with Gasteiger partial charge < -0.3 is 9.84 Å². The Bertz CT molecular complexity index is 1160. The number of aromatic nitrogens is 1. The number of hydrogen-bond acceptors (Lipinski definition) is 6. The normalized spacial score (nSPS) is 19.0. The minimum absolute atomic E-state index is 0.205. The lowest BCUT2D eigenvalue weighted by molar-refractivity contribution is 0.0574. The molecule has 0 bridgehead atoms. The Morgan fingerprint density at radius 1 is 1.20 bits per heavy atom. The first-order chi connectivity index (χ1) is 14.3. The van der Waals surface area contributed by atoms with E-state index in [1.165, 1.54) is 0 Å². The monoisotopic (exact) mass is 464 g/mol. The maximum Gasteiger partial charge on any atom is 0.229 e. The molecule has 2 aromatic heterocycles. The molecule has 4 rings (SSSR count). The molecule has 30 heavy (non-hydrogen) atoms. The van der Waals surface area contributed by atoms with Crippen LogP contribution in [-0.2, 0) is 10.0 Å². The van der Waals surface area contributed by atoms with Crippen molar-refractivity contribution in [3.05, 3.63) is 53.0 Å². The van der Waals surface area contributed by atoms with Gasteiger partial charge in [0.05, 0.1) is 17.4 Å². The number of thiophene rings is 1. The number of pyridine rings is 1. The molecule has 0 saturated heterocycles. The molecule has 1 aromatic carbocycles. The SMILES string of the molecule is CS(=O)(=O)Nc1ccc(-c2cc(-c3ccnc(OC4CCCC4O)c3)cs2)c(Cl)c1. The molecular formula is C21H21ClN2O4S2. The Labute approximate surface area is 184 Å². The van der Waals surface area contributed by atoms with Gasteiger partial charge in [-0.15, -0.1) is 11.3 Å². The van der Waals surface area contributed by atoms with Gasteiger partial charge in [0.25, 0.3) is 0 Å². The van der Waals surface area contributed by atoms with Crippen LogP contribution in [0.5, 0.6) is 5.88 Å². The minimum atomic E-state index is -3.36. The molecule has 6 nitrogen and oxygen atoms in total. The van der Waals surface area contributed by atoms with Crippen LogP contribution in [-0.4, -0.2) is 37.0 Å². The molecule has 3 aromatic rings. The van der Waals surface area contributed by atoms with E-state index in [1.807, 2.05) is 23.6 Å². The zero-order valence-electron chi connectivity index (χ0n) is 16.2. The van der Waals surface area contributed by atoms with Crippen molar-refractivity contribution in [3.63, 3.8) is 0 Å². The topological polar surface area (TPSA) is 88.5 Å².